The molecule has 0 saturated heterocycles. The summed E-state index contributed by atoms with van der Waals surface area (Å²) < 4.78 is 0.902. The second kappa shape index (κ2) is 10.5. The number of nitriles is 1. The molecular weight excluding hydrogens is 526 g/mol. The van der Waals surface area contributed by atoms with Crippen LogP contribution >= 0.6 is 27.7 Å². The Balaban J connectivity index is 1.42. The van der Waals surface area contributed by atoms with Gasteiger partial charge in [-0.15, -0.1) is 11.8 Å². The number of Topliss-reactive ketones (excluding diaryl/α,β-unsaturated/α-hetero) is 1. The molecule has 0 fully saturated rings. The summed E-state index contributed by atoms with van der Waals surface area (Å²) in [5.41, 5.74) is 4.20. The maximum absolute atomic E-state index is 12.8. The van der Waals surface area contributed by atoms with Crippen molar-refractivity contribution in [3.05, 3.63) is 92.1 Å². The van der Waals surface area contributed by atoms with Gasteiger partial charge in [0.15, 0.2) is 5.78 Å². The number of fused-ring (bicyclic) bond motifs is 1. The molecule has 0 N–H and O–H groups in total. The highest BCUT2D eigenvalue weighted by Gasteiger charge is 2.34. The Kier molecular flexibility index (Phi) is 7.48. The molecule has 35 heavy (non-hydrogen) atoms. The third-order valence-electron chi connectivity index (χ3n) is 6.01. The molecular formula is C27H22BrN3O3S. The molecule has 176 valence electrons. The van der Waals surface area contributed by atoms with Crippen LogP contribution in [0.3, 0.4) is 0 Å². The number of ketones is 1. The number of halogens is 1. The van der Waals surface area contributed by atoms with E-state index >= 15 is 0 Å². The Morgan fingerprint density at radius 3 is 2.29 bits per heavy atom. The van der Waals surface area contributed by atoms with Crippen LogP contribution in [0.1, 0.15) is 59.9 Å². The average Bonchev–Trinajstić information content (AvgIpc) is 3.09. The topological polar surface area (TPSA) is 91.1 Å². The fourth-order valence-electron chi connectivity index (χ4n) is 4.09. The van der Waals surface area contributed by atoms with Crippen molar-refractivity contribution in [1.29, 1.82) is 5.26 Å². The van der Waals surface area contributed by atoms with Gasteiger partial charge < -0.3 is 0 Å². The highest BCUT2D eigenvalue weighted by Crippen LogP contribution is 2.29. The van der Waals surface area contributed by atoms with Gasteiger partial charge in [0, 0.05) is 34.4 Å². The molecule has 0 atom stereocenters. The highest BCUT2D eigenvalue weighted by atomic mass is 79.9. The predicted molar refractivity (Wildman–Crippen MR) is 138 cm³/mol. The molecule has 1 aliphatic heterocycles. The zero-order valence-corrected chi connectivity index (χ0v) is 21.7. The second-order valence-corrected chi connectivity index (χ2v) is 10.2. The van der Waals surface area contributed by atoms with Crippen molar-refractivity contribution in [2.24, 2.45) is 0 Å². The van der Waals surface area contributed by atoms with Gasteiger partial charge in [0.1, 0.15) is 11.1 Å². The van der Waals surface area contributed by atoms with Crippen molar-refractivity contribution in [2.75, 3.05) is 12.3 Å². The van der Waals surface area contributed by atoms with Crippen molar-refractivity contribution in [1.82, 2.24) is 9.88 Å². The smallest absolute Gasteiger partial charge is 0.261 e. The molecule has 1 aliphatic rings. The van der Waals surface area contributed by atoms with E-state index in [2.05, 4.69) is 27.0 Å². The van der Waals surface area contributed by atoms with Gasteiger partial charge in [0.2, 0.25) is 0 Å². The molecule has 4 rings (SSSR count). The highest BCUT2D eigenvalue weighted by molar-refractivity contribution is 9.10. The van der Waals surface area contributed by atoms with E-state index in [4.69, 9.17) is 0 Å². The Morgan fingerprint density at radius 1 is 1.06 bits per heavy atom. The van der Waals surface area contributed by atoms with Gasteiger partial charge in [-0.05, 0) is 55.7 Å². The van der Waals surface area contributed by atoms with Gasteiger partial charge in [-0.3, -0.25) is 19.3 Å². The lowest BCUT2D eigenvalue weighted by atomic mass is 9.96. The number of amides is 2. The SMILES string of the molecule is Cc1nc(SCCCN2C(=O)c3ccccc3C2=O)c(C#N)c(C)c1CC(=O)c1ccc(Br)cc1. The van der Waals surface area contributed by atoms with Crippen molar-refractivity contribution in [3.8, 4) is 6.07 Å². The summed E-state index contributed by atoms with van der Waals surface area (Å²) in [5, 5.41) is 10.4. The molecule has 0 spiro atoms. The number of pyridine rings is 1. The minimum atomic E-state index is -0.266. The number of hydrogen-bond donors (Lipinski definition) is 0. The van der Waals surface area contributed by atoms with E-state index in [0.29, 0.717) is 46.0 Å². The first kappa shape index (κ1) is 24.8. The van der Waals surface area contributed by atoms with Crippen LogP contribution in [0, 0.1) is 25.2 Å². The van der Waals surface area contributed by atoms with Crippen molar-refractivity contribution >= 4 is 45.3 Å². The first-order chi connectivity index (χ1) is 16.8. The summed E-state index contributed by atoms with van der Waals surface area (Å²) in [7, 11) is 0. The Hall–Kier alpha value is -3.28. The van der Waals surface area contributed by atoms with E-state index in [1.807, 2.05) is 26.0 Å². The standard InChI is InChI=1S/C27H22BrN3O3S/c1-16-22(14-24(32)18-8-10-19(28)11-9-18)17(2)30-25(23(16)15-29)35-13-5-12-31-26(33)20-6-3-4-7-21(20)27(31)34/h3-4,6-11H,5,12-14H2,1-2H3. The van der Waals surface area contributed by atoms with Crippen LogP contribution in [0.5, 0.6) is 0 Å². The van der Waals surface area contributed by atoms with Crippen molar-refractivity contribution in [2.45, 2.75) is 31.7 Å². The quantitative estimate of drug-likeness (QED) is 0.159. The molecule has 0 aliphatic carbocycles. The van der Waals surface area contributed by atoms with Crippen LogP contribution < -0.4 is 0 Å². The van der Waals surface area contributed by atoms with Gasteiger partial charge >= 0.3 is 0 Å². The number of imide groups is 1. The summed E-state index contributed by atoms with van der Waals surface area (Å²) in [6.07, 6.45) is 0.746. The lowest BCUT2D eigenvalue weighted by Crippen LogP contribution is -2.31. The van der Waals surface area contributed by atoms with Gasteiger partial charge in [-0.1, -0.05) is 40.2 Å². The van der Waals surface area contributed by atoms with Crippen LogP contribution in [0.2, 0.25) is 0 Å². The zero-order valence-electron chi connectivity index (χ0n) is 19.3. The van der Waals surface area contributed by atoms with Gasteiger partial charge in [0.05, 0.1) is 16.7 Å². The van der Waals surface area contributed by atoms with E-state index in [-0.39, 0.29) is 24.0 Å². The van der Waals surface area contributed by atoms with Crippen LogP contribution in [-0.2, 0) is 6.42 Å². The van der Waals surface area contributed by atoms with Crippen LogP contribution in [-0.4, -0.2) is 39.8 Å². The largest absolute Gasteiger partial charge is 0.294 e. The number of rotatable bonds is 8. The summed E-state index contributed by atoms with van der Waals surface area (Å²) in [6.45, 7) is 4.00. The Bertz CT molecular complexity index is 1340. The average molecular weight is 548 g/mol. The zero-order chi connectivity index (χ0) is 25.1. The maximum atomic E-state index is 12.8. The van der Waals surface area contributed by atoms with E-state index < -0.39 is 0 Å². The molecule has 8 heteroatoms. The third-order valence-corrected chi connectivity index (χ3v) is 7.60. The fraction of sp³-hybridized carbons (Fsp3) is 0.222. The number of hydrogen-bond acceptors (Lipinski definition) is 6. The van der Waals surface area contributed by atoms with Crippen LogP contribution in [0.25, 0.3) is 0 Å². The van der Waals surface area contributed by atoms with E-state index in [0.717, 1.165) is 21.3 Å². The number of nitrogens with zero attached hydrogens (tertiary/aromatic N) is 3. The van der Waals surface area contributed by atoms with Gasteiger partial charge in [-0.25, -0.2) is 4.98 Å². The second-order valence-electron chi connectivity index (χ2n) is 8.21. The predicted octanol–water partition coefficient (Wildman–Crippen LogP) is 5.54. The third kappa shape index (κ3) is 5.07. The number of thioether (sulfide) groups is 1. The number of carbonyl (C=O) groups is 3. The maximum Gasteiger partial charge on any atom is 0.261 e. The van der Waals surface area contributed by atoms with E-state index in [1.54, 1.807) is 36.4 Å². The molecule has 0 unspecified atom stereocenters. The summed E-state index contributed by atoms with van der Waals surface area (Å²) in [6, 6.07) is 16.3. The molecule has 6 nitrogen and oxygen atoms in total. The molecule has 2 heterocycles. The first-order valence-electron chi connectivity index (χ1n) is 11.1. The number of aryl methyl sites for hydroxylation is 1. The molecule has 3 aromatic rings. The lowest BCUT2D eigenvalue weighted by molar-refractivity contribution is 0.0654. The Morgan fingerprint density at radius 2 is 1.69 bits per heavy atom. The fourth-order valence-corrected chi connectivity index (χ4v) is 5.36. The lowest BCUT2D eigenvalue weighted by Gasteiger charge is -2.15. The number of benzene rings is 2. The summed E-state index contributed by atoms with van der Waals surface area (Å²) >= 11 is 4.80. The monoisotopic (exact) mass is 547 g/mol. The molecule has 0 radical (unpaired) electrons. The van der Waals surface area contributed by atoms with Crippen LogP contribution in [0.4, 0.5) is 0 Å². The molecule has 1 aromatic heterocycles. The number of aromatic nitrogens is 1. The molecule has 2 aromatic carbocycles. The van der Waals surface area contributed by atoms with Crippen molar-refractivity contribution in [3.63, 3.8) is 0 Å². The summed E-state index contributed by atoms with van der Waals surface area (Å²) in [4.78, 5) is 43.7. The van der Waals surface area contributed by atoms with E-state index in [9.17, 15) is 19.6 Å². The minimum absolute atomic E-state index is 0.0317. The first-order valence-corrected chi connectivity index (χ1v) is 12.9. The van der Waals surface area contributed by atoms with Crippen LogP contribution in [0.15, 0.2) is 58.0 Å². The van der Waals surface area contributed by atoms with Gasteiger partial charge in [0.25, 0.3) is 11.8 Å². The summed E-state index contributed by atoms with van der Waals surface area (Å²) in [5.74, 6) is 0.0251. The van der Waals surface area contributed by atoms with E-state index in [1.165, 1.54) is 16.7 Å². The van der Waals surface area contributed by atoms with Crippen molar-refractivity contribution < 1.29 is 14.4 Å². The molecule has 0 saturated carbocycles. The van der Waals surface area contributed by atoms with Gasteiger partial charge in [-0.2, -0.15) is 5.26 Å². The molecule has 2 amide bonds. The minimum Gasteiger partial charge on any atom is -0.294 e. The Labute approximate surface area is 216 Å². The number of carbonyl (C=O) groups excluding carboxylic acids is 3. The normalized spacial score (nSPS) is 12.6. The molecule has 0 bridgehead atoms.